The molecular weight excluding hydrogens is 617 g/mol. The molecule has 6 rings (SSSR count). The SMILES string of the molecule is COC(=O)C1=C(C)NC2=C(C(=O)c3ccccc32)[C@@H]1c1cc(I)c(OCc2ccc3ccccc3c2)c(OC)c1. The van der Waals surface area contributed by atoms with Gasteiger partial charge in [-0.25, -0.2) is 4.79 Å². The van der Waals surface area contributed by atoms with Crippen molar-refractivity contribution in [2.75, 3.05) is 14.2 Å². The van der Waals surface area contributed by atoms with Gasteiger partial charge in [0.1, 0.15) is 6.61 Å². The molecular formula is C33H26INO5. The Labute approximate surface area is 245 Å². The number of halogens is 1. The Morgan fingerprint density at radius 2 is 1.65 bits per heavy atom. The quantitative estimate of drug-likeness (QED) is 0.185. The molecule has 0 radical (unpaired) electrons. The number of hydrogen-bond donors (Lipinski definition) is 1. The smallest absolute Gasteiger partial charge is 0.336 e. The van der Waals surface area contributed by atoms with E-state index in [1.165, 1.54) is 12.5 Å². The minimum atomic E-state index is -0.638. The molecule has 6 nitrogen and oxygen atoms in total. The number of hydrogen-bond acceptors (Lipinski definition) is 6. The lowest BCUT2D eigenvalue weighted by Gasteiger charge is -2.29. The first-order valence-corrected chi connectivity index (χ1v) is 13.9. The second-order valence-electron chi connectivity index (χ2n) is 9.76. The monoisotopic (exact) mass is 643 g/mol. The number of nitrogens with one attached hydrogen (secondary N) is 1. The Morgan fingerprint density at radius 3 is 2.40 bits per heavy atom. The molecule has 0 aromatic heterocycles. The number of esters is 1. The summed E-state index contributed by atoms with van der Waals surface area (Å²) in [7, 11) is 2.94. The van der Waals surface area contributed by atoms with E-state index in [1.54, 1.807) is 7.11 Å². The molecule has 0 amide bonds. The van der Waals surface area contributed by atoms with E-state index in [1.807, 2.05) is 55.5 Å². The summed E-state index contributed by atoms with van der Waals surface area (Å²) in [6.07, 6.45) is 0. The van der Waals surface area contributed by atoms with Crippen LogP contribution >= 0.6 is 22.6 Å². The zero-order chi connectivity index (χ0) is 28.0. The predicted molar refractivity (Wildman–Crippen MR) is 162 cm³/mol. The summed E-state index contributed by atoms with van der Waals surface area (Å²) < 4.78 is 18.0. The van der Waals surface area contributed by atoms with Crippen LogP contribution in [0.5, 0.6) is 11.5 Å². The van der Waals surface area contributed by atoms with Crippen molar-refractivity contribution in [3.63, 3.8) is 0 Å². The van der Waals surface area contributed by atoms with Crippen molar-refractivity contribution in [1.29, 1.82) is 0 Å². The maximum Gasteiger partial charge on any atom is 0.336 e. The van der Waals surface area contributed by atoms with Crippen LogP contribution in [0, 0.1) is 3.57 Å². The molecule has 2 aliphatic rings. The number of dihydropyridines is 1. The van der Waals surface area contributed by atoms with Gasteiger partial charge < -0.3 is 19.5 Å². The summed E-state index contributed by atoms with van der Waals surface area (Å²) in [5.74, 6) is -0.114. The van der Waals surface area contributed by atoms with Crippen molar-refractivity contribution in [1.82, 2.24) is 5.32 Å². The van der Waals surface area contributed by atoms with Gasteiger partial charge in [-0.15, -0.1) is 0 Å². The van der Waals surface area contributed by atoms with E-state index < -0.39 is 11.9 Å². The van der Waals surface area contributed by atoms with Crippen molar-refractivity contribution < 1.29 is 23.8 Å². The molecule has 1 heterocycles. The molecule has 0 spiro atoms. The number of benzene rings is 4. The van der Waals surface area contributed by atoms with Gasteiger partial charge in [0, 0.05) is 28.3 Å². The van der Waals surface area contributed by atoms with Crippen LogP contribution in [0.2, 0.25) is 0 Å². The molecule has 7 heteroatoms. The average Bonchev–Trinajstić information content (AvgIpc) is 3.26. The largest absolute Gasteiger partial charge is 0.493 e. The van der Waals surface area contributed by atoms with Crippen LogP contribution in [0.3, 0.4) is 0 Å². The molecule has 0 unspecified atom stereocenters. The summed E-state index contributed by atoms with van der Waals surface area (Å²) in [4.78, 5) is 26.8. The van der Waals surface area contributed by atoms with E-state index in [4.69, 9.17) is 14.2 Å². The Morgan fingerprint density at radius 1 is 0.925 bits per heavy atom. The third-order valence-electron chi connectivity index (χ3n) is 7.44. The fraction of sp³-hybridized carbons (Fsp3) is 0.152. The van der Waals surface area contributed by atoms with Crippen LogP contribution in [-0.4, -0.2) is 26.0 Å². The van der Waals surface area contributed by atoms with Gasteiger partial charge in [0.15, 0.2) is 17.3 Å². The second-order valence-corrected chi connectivity index (χ2v) is 10.9. The van der Waals surface area contributed by atoms with Gasteiger partial charge in [-0.3, -0.25) is 4.79 Å². The molecule has 200 valence electrons. The predicted octanol–water partition coefficient (Wildman–Crippen LogP) is 6.77. The molecule has 0 bridgehead atoms. The summed E-state index contributed by atoms with van der Waals surface area (Å²) in [6.45, 7) is 2.19. The molecule has 1 aliphatic carbocycles. The number of carbonyl (C=O) groups excluding carboxylic acids is 2. The molecule has 4 aromatic rings. The molecule has 4 aromatic carbocycles. The van der Waals surface area contributed by atoms with Crippen LogP contribution < -0.4 is 14.8 Å². The van der Waals surface area contributed by atoms with Gasteiger partial charge in [-0.2, -0.15) is 0 Å². The molecule has 0 fully saturated rings. The zero-order valence-corrected chi connectivity index (χ0v) is 24.4. The number of rotatable bonds is 6. The van der Waals surface area contributed by atoms with Crippen molar-refractivity contribution >= 4 is 50.8 Å². The Bertz CT molecular complexity index is 1770. The van der Waals surface area contributed by atoms with Crippen molar-refractivity contribution in [3.05, 3.63) is 122 Å². The van der Waals surface area contributed by atoms with E-state index in [-0.39, 0.29) is 5.78 Å². The number of fused-ring (bicyclic) bond motifs is 3. The molecule has 0 saturated heterocycles. The first-order chi connectivity index (χ1) is 19.4. The first-order valence-electron chi connectivity index (χ1n) is 12.8. The van der Waals surface area contributed by atoms with E-state index in [0.29, 0.717) is 40.5 Å². The summed E-state index contributed by atoms with van der Waals surface area (Å²) in [5.41, 5.74) is 5.50. The maximum atomic E-state index is 13.7. The van der Waals surface area contributed by atoms with Crippen molar-refractivity contribution in [2.45, 2.75) is 19.4 Å². The molecule has 0 saturated carbocycles. The van der Waals surface area contributed by atoms with Crippen LogP contribution in [0.15, 0.2) is 95.7 Å². The number of methoxy groups -OCH3 is 2. The summed E-state index contributed by atoms with van der Waals surface area (Å²) >= 11 is 2.22. The highest BCUT2D eigenvalue weighted by molar-refractivity contribution is 14.1. The van der Waals surface area contributed by atoms with Crippen LogP contribution in [0.25, 0.3) is 16.5 Å². The molecule has 1 N–H and O–H groups in total. The normalized spacial score (nSPS) is 16.0. The van der Waals surface area contributed by atoms with E-state index >= 15 is 0 Å². The average molecular weight is 643 g/mol. The van der Waals surface area contributed by atoms with E-state index in [0.717, 1.165) is 31.3 Å². The Balaban J connectivity index is 1.41. The number of Topliss-reactive ketones (excluding diaryl/α,β-unsaturated/α-hetero) is 1. The zero-order valence-electron chi connectivity index (χ0n) is 22.2. The summed E-state index contributed by atoms with van der Waals surface area (Å²) in [5, 5.41) is 5.64. The number of carbonyl (C=O) groups is 2. The van der Waals surface area contributed by atoms with Gasteiger partial charge in [0.25, 0.3) is 0 Å². The molecule has 40 heavy (non-hydrogen) atoms. The van der Waals surface area contributed by atoms with E-state index in [2.05, 4.69) is 58.2 Å². The van der Waals surface area contributed by atoms with Gasteiger partial charge in [-0.1, -0.05) is 60.7 Å². The standard InChI is InChI=1S/C33H26INO5/c1-18-27(33(37)39-3)28(29-30(35-18)23-10-6-7-11-24(23)31(29)36)22-15-25(34)32(26(16-22)38-2)40-17-19-12-13-20-8-4-5-9-21(20)14-19/h4-16,28,35H,17H2,1-3H3/t28-/m1/s1. The fourth-order valence-corrected chi connectivity index (χ4v) is 6.35. The topological polar surface area (TPSA) is 73.9 Å². The summed E-state index contributed by atoms with van der Waals surface area (Å²) in [6, 6.07) is 25.7. The first kappa shape index (κ1) is 26.1. The number of ketones is 1. The molecule has 1 atom stereocenters. The minimum Gasteiger partial charge on any atom is -0.493 e. The second kappa shape index (κ2) is 10.5. The van der Waals surface area contributed by atoms with Crippen LogP contribution in [-0.2, 0) is 16.1 Å². The lowest BCUT2D eigenvalue weighted by molar-refractivity contribution is -0.136. The maximum absolute atomic E-state index is 13.7. The van der Waals surface area contributed by atoms with Gasteiger partial charge >= 0.3 is 5.97 Å². The number of allylic oxidation sites excluding steroid dienone is 2. The van der Waals surface area contributed by atoms with Crippen LogP contribution in [0.4, 0.5) is 0 Å². The third-order valence-corrected chi connectivity index (χ3v) is 8.24. The van der Waals surface area contributed by atoms with Gasteiger partial charge in [-0.05, 0) is 69.6 Å². The highest BCUT2D eigenvalue weighted by Crippen LogP contribution is 2.48. The van der Waals surface area contributed by atoms with Gasteiger partial charge in [0.2, 0.25) is 0 Å². The highest BCUT2D eigenvalue weighted by atomic mass is 127. The third kappa shape index (κ3) is 4.34. The molecule has 1 aliphatic heterocycles. The Kier molecular flexibility index (Phi) is 6.83. The minimum absolute atomic E-state index is 0.109. The lowest BCUT2D eigenvalue weighted by Crippen LogP contribution is -2.29. The highest BCUT2D eigenvalue weighted by Gasteiger charge is 2.43. The van der Waals surface area contributed by atoms with Crippen molar-refractivity contribution in [2.24, 2.45) is 0 Å². The Hall–Kier alpha value is -4.11. The van der Waals surface area contributed by atoms with E-state index in [9.17, 15) is 9.59 Å². The van der Waals surface area contributed by atoms with Crippen molar-refractivity contribution in [3.8, 4) is 11.5 Å². The van der Waals surface area contributed by atoms with Crippen LogP contribution in [0.1, 0.15) is 39.9 Å². The lowest BCUT2D eigenvalue weighted by atomic mass is 9.79. The van der Waals surface area contributed by atoms with Gasteiger partial charge in [0.05, 0.1) is 29.1 Å². The number of ether oxygens (including phenoxy) is 3. The fourth-order valence-electron chi connectivity index (χ4n) is 5.57.